The van der Waals surface area contributed by atoms with Crippen LogP contribution in [0.3, 0.4) is 0 Å². The number of benzene rings is 2. The molecule has 1 saturated heterocycles. The van der Waals surface area contributed by atoms with E-state index < -0.39 is 11.8 Å². The maximum Gasteiger partial charge on any atom is 0.256 e. The minimum absolute atomic E-state index is 0.167. The van der Waals surface area contributed by atoms with Gasteiger partial charge in [0.2, 0.25) is 5.91 Å². The van der Waals surface area contributed by atoms with Crippen molar-refractivity contribution in [2.24, 2.45) is 5.92 Å². The first-order valence-electron chi connectivity index (χ1n) is 11.0. The monoisotopic (exact) mass is 440 g/mol. The number of ether oxygens (including phenoxy) is 1. The number of amides is 2. The lowest BCUT2D eigenvalue weighted by molar-refractivity contribution is -0.128. The number of hydrogen-bond acceptors (Lipinski definition) is 3. The highest BCUT2D eigenvalue weighted by molar-refractivity contribution is 6.31. The first-order chi connectivity index (χ1) is 14.9. The molecule has 6 heteroatoms. The average molecular weight is 441 g/mol. The van der Waals surface area contributed by atoms with Crippen molar-refractivity contribution in [3.05, 3.63) is 70.7 Å². The molecule has 1 aliphatic heterocycles. The molecule has 4 rings (SSSR count). The van der Waals surface area contributed by atoms with E-state index in [0.29, 0.717) is 16.5 Å². The van der Waals surface area contributed by atoms with Gasteiger partial charge in [-0.1, -0.05) is 54.9 Å². The highest BCUT2D eigenvalue weighted by atomic mass is 35.5. The number of nitrogens with one attached hydrogen (secondary N) is 1. The summed E-state index contributed by atoms with van der Waals surface area (Å²) in [5.74, 6) is 0.188. The van der Waals surface area contributed by atoms with Gasteiger partial charge in [-0.15, -0.1) is 0 Å². The number of halogens is 1. The zero-order valence-electron chi connectivity index (χ0n) is 18.0. The van der Waals surface area contributed by atoms with E-state index in [9.17, 15) is 9.59 Å². The van der Waals surface area contributed by atoms with Crippen molar-refractivity contribution in [3.8, 4) is 0 Å². The van der Waals surface area contributed by atoms with Crippen molar-refractivity contribution >= 4 is 23.4 Å². The Hall–Kier alpha value is -2.37. The van der Waals surface area contributed by atoms with Crippen LogP contribution in [0.5, 0.6) is 0 Å². The Morgan fingerprint density at radius 3 is 2.52 bits per heavy atom. The Morgan fingerprint density at radius 2 is 1.84 bits per heavy atom. The number of carbonyl (C=O) groups is 2. The smallest absolute Gasteiger partial charge is 0.256 e. The topological polar surface area (TPSA) is 58.6 Å². The van der Waals surface area contributed by atoms with Crippen LogP contribution in [0.25, 0.3) is 0 Å². The van der Waals surface area contributed by atoms with Gasteiger partial charge in [0.25, 0.3) is 5.91 Å². The minimum atomic E-state index is -0.732. The molecule has 1 N–H and O–H groups in total. The van der Waals surface area contributed by atoms with E-state index in [2.05, 4.69) is 12.2 Å². The van der Waals surface area contributed by atoms with Gasteiger partial charge < -0.3 is 10.1 Å². The van der Waals surface area contributed by atoms with Crippen molar-refractivity contribution in [2.75, 3.05) is 6.61 Å². The maximum atomic E-state index is 13.6. The van der Waals surface area contributed by atoms with Crippen molar-refractivity contribution in [3.63, 3.8) is 0 Å². The summed E-state index contributed by atoms with van der Waals surface area (Å²) in [4.78, 5) is 28.6. The first kappa shape index (κ1) is 21.8. The Bertz CT molecular complexity index is 941. The summed E-state index contributed by atoms with van der Waals surface area (Å²) in [6.07, 6.45) is 3.40. The lowest BCUT2D eigenvalue weighted by atomic mass is 9.83. The summed E-state index contributed by atoms with van der Waals surface area (Å²) in [6.45, 7) is 4.37. The molecule has 0 aromatic heterocycles. The molecule has 1 aliphatic carbocycles. The quantitative estimate of drug-likeness (QED) is 0.730. The molecular formula is C25H29ClN2O3. The second-order valence-electron chi connectivity index (χ2n) is 8.78. The molecule has 1 spiro atoms. The highest BCUT2D eigenvalue weighted by Crippen LogP contribution is 2.43. The van der Waals surface area contributed by atoms with Gasteiger partial charge in [0, 0.05) is 10.6 Å². The summed E-state index contributed by atoms with van der Waals surface area (Å²) in [7, 11) is 0. The van der Waals surface area contributed by atoms with Gasteiger partial charge in [0.15, 0.2) is 0 Å². The van der Waals surface area contributed by atoms with Gasteiger partial charge in [0.05, 0.1) is 12.6 Å². The van der Waals surface area contributed by atoms with E-state index in [0.717, 1.165) is 31.2 Å². The van der Waals surface area contributed by atoms with Gasteiger partial charge in [-0.2, -0.15) is 0 Å². The maximum absolute atomic E-state index is 13.6. The van der Waals surface area contributed by atoms with E-state index in [4.69, 9.17) is 16.3 Å². The third-order valence-corrected chi connectivity index (χ3v) is 6.80. The molecule has 31 heavy (non-hydrogen) atoms. The number of hydrogen-bond donors (Lipinski definition) is 1. The number of rotatable bonds is 4. The van der Waals surface area contributed by atoms with Crippen LogP contribution in [0.4, 0.5) is 0 Å². The largest absolute Gasteiger partial charge is 0.353 e. The second-order valence-corrected chi connectivity index (χ2v) is 9.22. The molecule has 2 atom stereocenters. The van der Waals surface area contributed by atoms with Crippen LogP contribution >= 0.6 is 11.6 Å². The zero-order chi connectivity index (χ0) is 22.0. The highest BCUT2D eigenvalue weighted by Gasteiger charge is 2.53. The molecule has 0 radical (unpaired) electrons. The fourth-order valence-electron chi connectivity index (χ4n) is 4.68. The van der Waals surface area contributed by atoms with Crippen molar-refractivity contribution in [1.29, 1.82) is 0 Å². The van der Waals surface area contributed by atoms with Crippen molar-refractivity contribution < 1.29 is 14.3 Å². The molecule has 5 nitrogen and oxygen atoms in total. The molecule has 0 unspecified atom stereocenters. The molecule has 164 valence electrons. The Labute approximate surface area is 188 Å². The van der Waals surface area contributed by atoms with E-state index in [1.165, 1.54) is 0 Å². The fourth-order valence-corrected chi connectivity index (χ4v) is 4.87. The number of nitrogens with zero attached hydrogens (tertiary/aromatic N) is 1. The third kappa shape index (κ3) is 4.48. The van der Waals surface area contributed by atoms with Crippen LogP contribution in [0.15, 0.2) is 54.6 Å². The summed E-state index contributed by atoms with van der Waals surface area (Å²) in [5.41, 5.74) is 0.762. The lowest BCUT2D eigenvalue weighted by Crippen LogP contribution is -2.57. The van der Waals surface area contributed by atoms with Gasteiger partial charge in [-0.05, 0) is 62.3 Å². The summed E-state index contributed by atoms with van der Waals surface area (Å²) < 4.78 is 6.25. The Balaban J connectivity index is 1.61. The lowest BCUT2D eigenvalue weighted by Gasteiger charge is -2.43. The second kappa shape index (κ2) is 9.01. The first-order valence-corrected chi connectivity index (χ1v) is 11.4. The standard InChI is InChI=1S/C25H29ClN2O3/c1-17-11-13-25(14-12-17)28(24(30)20-9-6-10-21(26)15-20)22(16-31-25)23(29)27-18(2)19-7-4-3-5-8-19/h3-10,15,17-18,22H,11-14,16H2,1-2H3,(H,27,29)/t17?,18-,22+,25?/m0/s1. The van der Waals surface area contributed by atoms with Crippen molar-refractivity contribution in [1.82, 2.24) is 10.2 Å². The van der Waals surface area contributed by atoms with Crippen LogP contribution in [0.1, 0.15) is 61.5 Å². The van der Waals surface area contributed by atoms with Crippen LogP contribution in [-0.2, 0) is 9.53 Å². The molecule has 2 amide bonds. The van der Waals surface area contributed by atoms with Gasteiger partial charge in [-0.25, -0.2) is 0 Å². The van der Waals surface area contributed by atoms with Crippen LogP contribution in [0, 0.1) is 5.92 Å². The van der Waals surface area contributed by atoms with Gasteiger partial charge in [-0.3, -0.25) is 14.5 Å². The summed E-state index contributed by atoms with van der Waals surface area (Å²) in [6, 6.07) is 15.9. The molecule has 2 fully saturated rings. The van der Waals surface area contributed by atoms with Gasteiger partial charge >= 0.3 is 0 Å². The predicted molar refractivity (Wildman–Crippen MR) is 121 cm³/mol. The van der Waals surface area contributed by atoms with E-state index in [1.54, 1.807) is 29.2 Å². The normalized spacial score (nSPS) is 26.6. The molecule has 2 aliphatic rings. The van der Waals surface area contributed by atoms with E-state index in [-0.39, 0.29) is 24.5 Å². The van der Waals surface area contributed by atoms with Gasteiger partial charge in [0.1, 0.15) is 11.8 Å². The van der Waals surface area contributed by atoms with Crippen LogP contribution in [0.2, 0.25) is 5.02 Å². The number of carbonyl (C=O) groups excluding carboxylic acids is 2. The average Bonchev–Trinajstić information content (AvgIpc) is 3.15. The Morgan fingerprint density at radius 1 is 1.13 bits per heavy atom. The fraction of sp³-hybridized carbons (Fsp3) is 0.440. The minimum Gasteiger partial charge on any atom is -0.353 e. The van der Waals surface area contributed by atoms with Crippen LogP contribution < -0.4 is 5.32 Å². The SMILES string of the molecule is CC1CCC2(CC1)OC[C@H](C(=O)N[C@@H](C)c1ccccc1)N2C(=O)c1cccc(Cl)c1. The van der Waals surface area contributed by atoms with Crippen molar-refractivity contribution in [2.45, 2.75) is 57.3 Å². The Kier molecular flexibility index (Phi) is 6.35. The van der Waals surface area contributed by atoms with E-state index in [1.807, 2.05) is 37.3 Å². The molecule has 1 heterocycles. The zero-order valence-corrected chi connectivity index (χ0v) is 18.8. The molecule has 2 aromatic rings. The molecular weight excluding hydrogens is 412 g/mol. The third-order valence-electron chi connectivity index (χ3n) is 6.57. The predicted octanol–water partition coefficient (Wildman–Crippen LogP) is 4.96. The molecule has 1 saturated carbocycles. The molecule has 0 bridgehead atoms. The van der Waals surface area contributed by atoms with Crippen LogP contribution in [-0.4, -0.2) is 35.1 Å². The summed E-state index contributed by atoms with van der Waals surface area (Å²) in [5, 5.41) is 3.57. The summed E-state index contributed by atoms with van der Waals surface area (Å²) >= 11 is 6.15. The van der Waals surface area contributed by atoms with E-state index >= 15 is 0 Å². The molecule has 2 aromatic carbocycles.